The molecular formula is C21H23Cl2NO3. The summed E-state index contributed by atoms with van der Waals surface area (Å²) in [6.07, 6.45) is 0.950. The van der Waals surface area contributed by atoms with Gasteiger partial charge in [0.05, 0.1) is 25.8 Å². The van der Waals surface area contributed by atoms with Gasteiger partial charge < -0.3 is 19.2 Å². The second kappa shape index (κ2) is 10.3. The second-order valence-corrected chi connectivity index (χ2v) is 6.30. The monoisotopic (exact) mass is 407 g/mol. The average Bonchev–Trinajstić information content (AvgIpc) is 3.14. The summed E-state index contributed by atoms with van der Waals surface area (Å²) in [5.41, 5.74) is 2.20. The maximum atomic E-state index is 6.18. The summed E-state index contributed by atoms with van der Waals surface area (Å²) in [7, 11) is 3.28. The van der Waals surface area contributed by atoms with Gasteiger partial charge in [-0.15, -0.1) is 12.4 Å². The molecule has 0 unspecified atom stereocenters. The highest BCUT2D eigenvalue weighted by atomic mass is 35.5. The van der Waals surface area contributed by atoms with E-state index in [4.69, 9.17) is 25.5 Å². The molecule has 1 aromatic heterocycles. The van der Waals surface area contributed by atoms with Crippen molar-refractivity contribution in [1.29, 1.82) is 0 Å². The Hall–Kier alpha value is -2.14. The fraction of sp³-hybridized carbons (Fsp3) is 0.238. The van der Waals surface area contributed by atoms with Crippen LogP contribution < -0.4 is 14.8 Å². The SMILES string of the molecule is COc1ccc(CCNCc2ccc(-c3ccc(OC)c(Cl)c3)o2)cc1.Cl. The number of hydrogen-bond acceptors (Lipinski definition) is 4. The zero-order valence-corrected chi connectivity index (χ0v) is 16.9. The van der Waals surface area contributed by atoms with Crippen molar-refractivity contribution in [2.45, 2.75) is 13.0 Å². The van der Waals surface area contributed by atoms with E-state index in [2.05, 4.69) is 17.4 Å². The third-order valence-electron chi connectivity index (χ3n) is 4.15. The molecule has 0 aliphatic heterocycles. The molecule has 3 rings (SSSR count). The summed E-state index contributed by atoms with van der Waals surface area (Å²) in [4.78, 5) is 0. The first-order chi connectivity index (χ1) is 12.7. The standard InChI is InChI=1S/C21H22ClNO3.ClH/c1-24-17-6-3-15(4-7-17)11-12-23-14-18-8-10-20(26-18)16-5-9-21(25-2)19(22)13-16;/h3-10,13,23H,11-12,14H2,1-2H3;1H. The van der Waals surface area contributed by atoms with E-state index < -0.39 is 0 Å². The number of furan rings is 1. The van der Waals surface area contributed by atoms with E-state index in [1.165, 1.54) is 5.56 Å². The fourth-order valence-electron chi connectivity index (χ4n) is 2.68. The van der Waals surface area contributed by atoms with Gasteiger partial charge in [-0.05, 0) is 61.0 Å². The van der Waals surface area contributed by atoms with Crippen molar-refractivity contribution in [2.24, 2.45) is 0 Å². The van der Waals surface area contributed by atoms with E-state index in [1.54, 1.807) is 14.2 Å². The third-order valence-corrected chi connectivity index (χ3v) is 4.44. The van der Waals surface area contributed by atoms with E-state index in [0.29, 0.717) is 17.3 Å². The lowest BCUT2D eigenvalue weighted by Crippen LogP contribution is -2.16. The molecule has 4 nitrogen and oxygen atoms in total. The van der Waals surface area contributed by atoms with Gasteiger partial charge in [0.1, 0.15) is 23.0 Å². The van der Waals surface area contributed by atoms with Gasteiger partial charge in [-0.1, -0.05) is 23.7 Å². The fourth-order valence-corrected chi connectivity index (χ4v) is 2.94. The number of ether oxygens (including phenoxy) is 2. The van der Waals surface area contributed by atoms with Gasteiger partial charge in [0.2, 0.25) is 0 Å². The van der Waals surface area contributed by atoms with Crippen LogP contribution in [-0.2, 0) is 13.0 Å². The molecule has 0 aliphatic carbocycles. The molecule has 0 aliphatic rings. The minimum Gasteiger partial charge on any atom is -0.497 e. The maximum Gasteiger partial charge on any atom is 0.137 e. The molecule has 144 valence electrons. The Morgan fingerprint density at radius 3 is 2.41 bits per heavy atom. The average molecular weight is 408 g/mol. The molecule has 1 N–H and O–H groups in total. The van der Waals surface area contributed by atoms with Gasteiger partial charge in [-0.25, -0.2) is 0 Å². The minimum absolute atomic E-state index is 0. The Bertz CT molecular complexity index is 847. The molecule has 2 aromatic carbocycles. The van der Waals surface area contributed by atoms with E-state index >= 15 is 0 Å². The molecular weight excluding hydrogens is 385 g/mol. The van der Waals surface area contributed by atoms with Crippen molar-refractivity contribution in [2.75, 3.05) is 20.8 Å². The van der Waals surface area contributed by atoms with Crippen LogP contribution in [0.25, 0.3) is 11.3 Å². The highest BCUT2D eigenvalue weighted by Crippen LogP contribution is 2.31. The van der Waals surface area contributed by atoms with Crippen molar-refractivity contribution in [3.63, 3.8) is 0 Å². The van der Waals surface area contributed by atoms with Crippen molar-refractivity contribution in [3.05, 3.63) is 70.9 Å². The van der Waals surface area contributed by atoms with Crippen LogP contribution in [0.1, 0.15) is 11.3 Å². The predicted octanol–water partition coefficient (Wildman–Crippen LogP) is 5.37. The maximum absolute atomic E-state index is 6.18. The van der Waals surface area contributed by atoms with Crippen molar-refractivity contribution in [3.8, 4) is 22.8 Å². The molecule has 0 saturated heterocycles. The number of nitrogens with one attached hydrogen (secondary N) is 1. The quantitative estimate of drug-likeness (QED) is 0.509. The lowest BCUT2D eigenvalue weighted by Gasteiger charge is -2.05. The van der Waals surface area contributed by atoms with Crippen LogP contribution in [0.2, 0.25) is 5.02 Å². The Morgan fingerprint density at radius 2 is 1.74 bits per heavy atom. The first-order valence-corrected chi connectivity index (χ1v) is 8.83. The highest BCUT2D eigenvalue weighted by molar-refractivity contribution is 6.32. The first kappa shape index (κ1) is 21.2. The smallest absolute Gasteiger partial charge is 0.137 e. The first-order valence-electron chi connectivity index (χ1n) is 8.46. The van der Waals surface area contributed by atoms with Gasteiger partial charge in [-0.2, -0.15) is 0 Å². The summed E-state index contributed by atoms with van der Waals surface area (Å²) in [5, 5.41) is 3.97. The molecule has 0 radical (unpaired) electrons. The van der Waals surface area contributed by atoms with Crippen LogP contribution in [0, 0.1) is 0 Å². The molecule has 3 aromatic rings. The van der Waals surface area contributed by atoms with E-state index in [9.17, 15) is 0 Å². The molecule has 0 atom stereocenters. The molecule has 0 bridgehead atoms. The molecule has 0 saturated carbocycles. The summed E-state index contributed by atoms with van der Waals surface area (Å²) in [6.45, 7) is 1.55. The topological polar surface area (TPSA) is 43.6 Å². The molecule has 27 heavy (non-hydrogen) atoms. The van der Waals surface area contributed by atoms with Crippen LogP contribution in [0.15, 0.2) is 59.0 Å². The van der Waals surface area contributed by atoms with Crippen LogP contribution in [-0.4, -0.2) is 20.8 Å². The van der Waals surface area contributed by atoms with E-state index in [1.807, 2.05) is 42.5 Å². The summed E-state index contributed by atoms with van der Waals surface area (Å²) in [6, 6.07) is 17.7. The number of methoxy groups -OCH3 is 2. The number of halogens is 2. The Labute approximate surface area is 170 Å². The molecule has 6 heteroatoms. The van der Waals surface area contributed by atoms with Gasteiger partial charge in [0, 0.05) is 5.56 Å². The highest BCUT2D eigenvalue weighted by Gasteiger charge is 2.08. The van der Waals surface area contributed by atoms with Crippen LogP contribution in [0.4, 0.5) is 0 Å². The molecule has 1 heterocycles. The number of rotatable bonds is 8. The normalized spacial score (nSPS) is 10.3. The lowest BCUT2D eigenvalue weighted by molar-refractivity contribution is 0.414. The minimum atomic E-state index is 0. The third kappa shape index (κ3) is 5.67. The summed E-state index contributed by atoms with van der Waals surface area (Å²) < 4.78 is 16.2. The van der Waals surface area contributed by atoms with Gasteiger partial charge in [-0.3, -0.25) is 0 Å². The molecule has 0 amide bonds. The van der Waals surface area contributed by atoms with E-state index in [-0.39, 0.29) is 12.4 Å². The second-order valence-electron chi connectivity index (χ2n) is 5.89. The number of benzene rings is 2. The predicted molar refractivity (Wildman–Crippen MR) is 111 cm³/mol. The van der Waals surface area contributed by atoms with Crippen molar-refractivity contribution in [1.82, 2.24) is 5.32 Å². The Kier molecular flexibility index (Phi) is 8.04. The Morgan fingerprint density at radius 1 is 0.963 bits per heavy atom. The van der Waals surface area contributed by atoms with Crippen LogP contribution in [0.5, 0.6) is 11.5 Å². The van der Waals surface area contributed by atoms with Gasteiger partial charge >= 0.3 is 0 Å². The Balaban J connectivity index is 0.00000261. The molecule has 0 spiro atoms. The van der Waals surface area contributed by atoms with Crippen LogP contribution in [0.3, 0.4) is 0 Å². The van der Waals surface area contributed by atoms with Crippen molar-refractivity contribution >= 4 is 24.0 Å². The van der Waals surface area contributed by atoms with E-state index in [0.717, 1.165) is 35.8 Å². The van der Waals surface area contributed by atoms with Crippen molar-refractivity contribution < 1.29 is 13.9 Å². The lowest BCUT2D eigenvalue weighted by atomic mass is 10.1. The van der Waals surface area contributed by atoms with Gasteiger partial charge in [0.15, 0.2) is 0 Å². The van der Waals surface area contributed by atoms with Gasteiger partial charge in [0.25, 0.3) is 0 Å². The zero-order chi connectivity index (χ0) is 18.4. The largest absolute Gasteiger partial charge is 0.497 e. The summed E-state index contributed by atoms with van der Waals surface area (Å²) in [5.74, 6) is 3.22. The number of hydrogen-bond donors (Lipinski definition) is 1. The van der Waals surface area contributed by atoms with Crippen LogP contribution >= 0.6 is 24.0 Å². The summed E-state index contributed by atoms with van der Waals surface area (Å²) >= 11 is 6.18. The molecule has 0 fully saturated rings. The zero-order valence-electron chi connectivity index (χ0n) is 15.3.